The number of benzene rings is 2. The van der Waals surface area contributed by atoms with E-state index in [4.69, 9.17) is 15.0 Å². The van der Waals surface area contributed by atoms with Crippen molar-refractivity contribution in [3.05, 3.63) is 87.1 Å². The Morgan fingerprint density at radius 1 is 1.14 bits per heavy atom. The number of hydrogen-bond donors (Lipinski definition) is 0. The standard InChI is InChI=1S/C26H22F3N5O3/c1-15-20(22-32-25(2,3)14-33(22)18-10-8-16(13-30)9-11-18)31-21(24(36)37-4)23(35)34(15)19-7-5-6-17(12-19)26(27,28)29/h5-12H,14H2,1-4H3. The SMILES string of the molecule is COC(=O)c1nc(C2=NC(C)(C)CN2c2ccc(C#N)cc2)c(C)n(-c2cccc(C(F)(F)F)c2)c1=O. The van der Waals surface area contributed by atoms with Crippen molar-refractivity contribution < 1.29 is 22.7 Å². The quantitative estimate of drug-likeness (QED) is 0.487. The van der Waals surface area contributed by atoms with Crippen molar-refractivity contribution in [2.45, 2.75) is 32.5 Å². The van der Waals surface area contributed by atoms with Gasteiger partial charge in [0.25, 0.3) is 5.56 Å². The van der Waals surface area contributed by atoms with Crippen LogP contribution in [0.4, 0.5) is 18.9 Å². The zero-order valence-corrected chi connectivity index (χ0v) is 20.4. The highest BCUT2D eigenvalue weighted by Crippen LogP contribution is 2.32. The first-order chi connectivity index (χ1) is 17.4. The molecule has 0 aliphatic carbocycles. The Hall–Kier alpha value is -4.46. The van der Waals surface area contributed by atoms with Crippen LogP contribution >= 0.6 is 0 Å². The third-order valence-corrected chi connectivity index (χ3v) is 5.85. The van der Waals surface area contributed by atoms with Gasteiger partial charge in [-0.2, -0.15) is 18.4 Å². The number of ether oxygens (including phenoxy) is 1. The highest BCUT2D eigenvalue weighted by Gasteiger charge is 2.36. The minimum Gasteiger partial charge on any atom is -0.464 e. The molecule has 0 spiro atoms. The van der Waals surface area contributed by atoms with E-state index in [0.717, 1.165) is 23.8 Å². The Bertz CT molecular complexity index is 1520. The molecule has 0 saturated carbocycles. The smallest absolute Gasteiger partial charge is 0.416 e. The number of rotatable bonds is 4. The van der Waals surface area contributed by atoms with Gasteiger partial charge in [0.15, 0.2) is 5.84 Å². The highest BCUT2D eigenvalue weighted by molar-refractivity contribution is 6.11. The Morgan fingerprint density at radius 2 is 1.81 bits per heavy atom. The number of halogens is 3. The van der Waals surface area contributed by atoms with E-state index in [1.54, 1.807) is 24.3 Å². The molecule has 0 amide bonds. The van der Waals surface area contributed by atoms with E-state index in [-0.39, 0.29) is 17.1 Å². The molecular formula is C26H22F3N5O3. The molecule has 11 heteroatoms. The average Bonchev–Trinajstić information content (AvgIpc) is 3.18. The second-order valence-electron chi connectivity index (χ2n) is 9.07. The van der Waals surface area contributed by atoms with Crippen LogP contribution in [-0.4, -0.2) is 40.5 Å². The highest BCUT2D eigenvalue weighted by atomic mass is 19.4. The minimum absolute atomic E-state index is 0.0890. The summed E-state index contributed by atoms with van der Waals surface area (Å²) in [7, 11) is 1.08. The zero-order valence-electron chi connectivity index (χ0n) is 20.4. The second-order valence-corrected chi connectivity index (χ2v) is 9.07. The monoisotopic (exact) mass is 509 g/mol. The van der Waals surface area contributed by atoms with Gasteiger partial charge in [-0.1, -0.05) is 6.07 Å². The average molecular weight is 509 g/mol. The molecule has 2 heterocycles. The van der Waals surface area contributed by atoms with Gasteiger partial charge in [-0.05, 0) is 63.2 Å². The molecule has 0 radical (unpaired) electrons. The molecule has 37 heavy (non-hydrogen) atoms. The summed E-state index contributed by atoms with van der Waals surface area (Å²) in [5, 5.41) is 9.14. The first-order valence-corrected chi connectivity index (χ1v) is 11.1. The molecule has 8 nitrogen and oxygen atoms in total. The number of amidine groups is 1. The lowest BCUT2D eigenvalue weighted by Crippen LogP contribution is -2.37. The lowest BCUT2D eigenvalue weighted by Gasteiger charge is -2.24. The number of hydrogen-bond acceptors (Lipinski definition) is 7. The van der Waals surface area contributed by atoms with Gasteiger partial charge in [0, 0.05) is 17.9 Å². The summed E-state index contributed by atoms with van der Waals surface area (Å²) < 4.78 is 46.0. The molecular weight excluding hydrogens is 487 g/mol. The van der Waals surface area contributed by atoms with Gasteiger partial charge in [0.2, 0.25) is 5.69 Å². The fourth-order valence-electron chi connectivity index (χ4n) is 4.13. The van der Waals surface area contributed by atoms with Gasteiger partial charge in [-0.15, -0.1) is 0 Å². The van der Waals surface area contributed by atoms with Crippen molar-refractivity contribution in [1.29, 1.82) is 5.26 Å². The maximum atomic E-state index is 13.4. The third kappa shape index (κ3) is 4.82. The molecule has 0 bridgehead atoms. The number of esters is 1. The first kappa shape index (κ1) is 25.6. The van der Waals surface area contributed by atoms with Crippen LogP contribution < -0.4 is 10.5 Å². The Balaban J connectivity index is 1.98. The Kier molecular flexibility index (Phi) is 6.37. The molecule has 3 aromatic rings. The van der Waals surface area contributed by atoms with Gasteiger partial charge < -0.3 is 9.64 Å². The van der Waals surface area contributed by atoms with Gasteiger partial charge in [-0.3, -0.25) is 14.4 Å². The van der Waals surface area contributed by atoms with Crippen LogP contribution in [0.5, 0.6) is 0 Å². The van der Waals surface area contributed by atoms with E-state index in [2.05, 4.69) is 11.1 Å². The predicted octanol–water partition coefficient (Wildman–Crippen LogP) is 4.26. The maximum Gasteiger partial charge on any atom is 0.416 e. The summed E-state index contributed by atoms with van der Waals surface area (Å²) in [5.41, 5.74) is -1.69. The van der Waals surface area contributed by atoms with Gasteiger partial charge in [0.05, 0.1) is 35.5 Å². The van der Waals surface area contributed by atoms with E-state index in [0.29, 0.717) is 23.6 Å². The second kappa shape index (κ2) is 9.20. The fourth-order valence-corrected chi connectivity index (χ4v) is 4.13. The molecule has 0 atom stereocenters. The van der Waals surface area contributed by atoms with Crippen molar-refractivity contribution in [2.24, 2.45) is 4.99 Å². The summed E-state index contributed by atoms with van der Waals surface area (Å²) in [6.45, 7) is 5.70. The van der Waals surface area contributed by atoms with Crippen molar-refractivity contribution in [2.75, 3.05) is 18.6 Å². The molecule has 2 aromatic carbocycles. The van der Waals surface area contributed by atoms with E-state index in [1.807, 2.05) is 18.7 Å². The summed E-state index contributed by atoms with van der Waals surface area (Å²) in [5.74, 6) is -0.715. The molecule has 4 rings (SSSR count). The van der Waals surface area contributed by atoms with Crippen LogP contribution in [0.2, 0.25) is 0 Å². The Labute approximate surface area is 210 Å². The van der Waals surface area contributed by atoms with Crippen molar-refractivity contribution in [1.82, 2.24) is 9.55 Å². The van der Waals surface area contributed by atoms with Gasteiger partial charge >= 0.3 is 12.1 Å². The van der Waals surface area contributed by atoms with Crippen LogP contribution in [0.15, 0.2) is 58.3 Å². The predicted molar refractivity (Wildman–Crippen MR) is 130 cm³/mol. The van der Waals surface area contributed by atoms with Crippen LogP contribution in [0, 0.1) is 18.3 Å². The van der Waals surface area contributed by atoms with Crippen molar-refractivity contribution >= 4 is 17.5 Å². The van der Waals surface area contributed by atoms with E-state index >= 15 is 0 Å². The molecule has 0 N–H and O–H groups in total. The van der Waals surface area contributed by atoms with Crippen LogP contribution in [0.25, 0.3) is 5.69 Å². The lowest BCUT2D eigenvalue weighted by atomic mass is 10.1. The lowest BCUT2D eigenvalue weighted by molar-refractivity contribution is -0.137. The summed E-state index contributed by atoms with van der Waals surface area (Å²) >= 11 is 0. The topological polar surface area (TPSA) is 101 Å². The summed E-state index contributed by atoms with van der Waals surface area (Å²) in [4.78, 5) is 36.7. The number of nitrogens with zero attached hydrogens (tertiary/aromatic N) is 5. The largest absolute Gasteiger partial charge is 0.464 e. The molecule has 1 aromatic heterocycles. The third-order valence-electron chi connectivity index (χ3n) is 5.85. The number of aliphatic imine (C=N–C) groups is 1. The molecule has 1 aliphatic heterocycles. The zero-order chi connectivity index (χ0) is 27.1. The normalized spacial score (nSPS) is 14.8. The minimum atomic E-state index is -4.64. The maximum absolute atomic E-state index is 13.4. The summed E-state index contributed by atoms with van der Waals surface area (Å²) in [6.07, 6.45) is -4.64. The van der Waals surface area contributed by atoms with Gasteiger partial charge in [0.1, 0.15) is 5.69 Å². The van der Waals surface area contributed by atoms with Crippen LogP contribution in [0.1, 0.15) is 46.9 Å². The van der Waals surface area contributed by atoms with Gasteiger partial charge in [-0.25, -0.2) is 9.78 Å². The molecule has 190 valence electrons. The number of methoxy groups -OCH3 is 1. The van der Waals surface area contributed by atoms with E-state index in [9.17, 15) is 22.8 Å². The first-order valence-electron chi connectivity index (χ1n) is 11.1. The number of carbonyl (C=O) groups is 1. The number of carbonyl (C=O) groups excluding carboxylic acids is 1. The van der Waals surface area contributed by atoms with Crippen LogP contribution in [0.3, 0.4) is 0 Å². The molecule has 1 aliphatic rings. The van der Waals surface area contributed by atoms with Crippen LogP contribution in [-0.2, 0) is 10.9 Å². The van der Waals surface area contributed by atoms with Crippen molar-refractivity contribution in [3.63, 3.8) is 0 Å². The molecule has 0 unspecified atom stereocenters. The van der Waals surface area contributed by atoms with E-state index in [1.165, 1.54) is 19.1 Å². The molecule has 0 fully saturated rings. The van der Waals surface area contributed by atoms with E-state index < -0.39 is 34.5 Å². The number of aromatic nitrogens is 2. The number of nitriles is 1. The fraction of sp³-hybridized carbons (Fsp3) is 0.269. The summed E-state index contributed by atoms with van der Waals surface area (Å²) in [6, 6.07) is 13.0. The van der Waals surface area contributed by atoms with Crippen molar-refractivity contribution in [3.8, 4) is 11.8 Å². The Morgan fingerprint density at radius 3 is 2.41 bits per heavy atom. The number of anilines is 1. The number of alkyl halides is 3. The molecule has 0 saturated heterocycles.